The normalized spacial score (nSPS) is 13.6. The van der Waals surface area contributed by atoms with Gasteiger partial charge < -0.3 is 15.5 Å². The average molecular weight is 398 g/mol. The number of hydrogen-bond donors (Lipinski definition) is 2. The Morgan fingerprint density at radius 3 is 2.32 bits per heavy atom. The van der Waals surface area contributed by atoms with E-state index in [1.165, 1.54) is 11.1 Å². The van der Waals surface area contributed by atoms with E-state index in [1.807, 2.05) is 44.6 Å². The molecule has 148 valence electrons. The number of hydrogen-bond acceptors (Lipinski definition) is 6. The van der Waals surface area contributed by atoms with E-state index in [2.05, 4.69) is 39.1 Å². The Balaban J connectivity index is 1.63. The minimum atomic E-state index is -0.428. The first kappa shape index (κ1) is 20.3. The summed E-state index contributed by atoms with van der Waals surface area (Å²) in [4.78, 5) is 26.3. The lowest BCUT2D eigenvalue weighted by molar-refractivity contribution is 0.303. The van der Waals surface area contributed by atoms with Crippen LogP contribution in [0.1, 0.15) is 18.1 Å². The first-order valence-electron chi connectivity index (χ1n) is 9.51. The fourth-order valence-corrected chi connectivity index (χ4v) is 3.98. The third-order valence-electron chi connectivity index (χ3n) is 4.98. The molecule has 0 amide bonds. The van der Waals surface area contributed by atoms with Gasteiger partial charge in [0.2, 0.25) is 0 Å². The summed E-state index contributed by atoms with van der Waals surface area (Å²) < 4.78 is 0. The minimum Gasteiger partial charge on any atom is -0.378 e. The van der Waals surface area contributed by atoms with Crippen LogP contribution in [0.3, 0.4) is 0 Å². The van der Waals surface area contributed by atoms with Crippen molar-refractivity contribution in [3.8, 4) is 0 Å². The summed E-state index contributed by atoms with van der Waals surface area (Å²) in [5, 5.41) is 10.6. The third kappa shape index (κ3) is 4.88. The molecule has 1 aromatic heterocycles. The molecule has 0 saturated heterocycles. The number of likely N-dealkylation sites (N-methyl/N-ethyl adjacent to an activating group) is 1. The Hall–Kier alpha value is -2.44. The van der Waals surface area contributed by atoms with Gasteiger partial charge in [-0.05, 0) is 61.8 Å². The standard InChI is InChI=1S/C22H27N3O2S/c1-15(11-17-9-10-28-14-17)24-20-19(21(26)22(20)27)23-13-18(25(2)3)12-16-7-5-4-6-8-16/h4-10,14-15,18,23-24H,11-13H2,1-3H3/t15-,18?/m0/s1. The average Bonchev–Trinajstić information content (AvgIpc) is 3.19. The predicted molar refractivity (Wildman–Crippen MR) is 119 cm³/mol. The van der Waals surface area contributed by atoms with Crippen molar-refractivity contribution in [3.05, 3.63) is 78.7 Å². The van der Waals surface area contributed by atoms with E-state index in [-0.39, 0.29) is 12.1 Å². The van der Waals surface area contributed by atoms with Gasteiger partial charge in [0, 0.05) is 18.6 Å². The van der Waals surface area contributed by atoms with E-state index in [0.717, 1.165) is 12.8 Å². The highest BCUT2D eigenvalue weighted by molar-refractivity contribution is 7.07. The van der Waals surface area contributed by atoms with Crippen molar-refractivity contribution in [3.63, 3.8) is 0 Å². The molecule has 0 aliphatic heterocycles. The lowest BCUT2D eigenvalue weighted by Gasteiger charge is -2.26. The number of rotatable bonds is 10. The Labute approximate surface area is 169 Å². The highest BCUT2D eigenvalue weighted by atomic mass is 32.1. The van der Waals surface area contributed by atoms with Crippen LogP contribution in [0.15, 0.2) is 56.7 Å². The number of benzene rings is 1. The summed E-state index contributed by atoms with van der Waals surface area (Å²) in [7, 11) is 4.05. The van der Waals surface area contributed by atoms with Gasteiger partial charge >= 0.3 is 0 Å². The molecule has 5 nitrogen and oxygen atoms in total. The zero-order valence-electron chi connectivity index (χ0n) is 16.6. The Kier molecular flexibility index (Phi) is 6.65. The van der Waals surface area contributed by atoms with Gasteiger partial charge in [0.15, 0.2) is 0 Å². The van der Waals surface area contributed by atoms with Gasteiger partial charge in [0.1, 0.15) is 11.4 Å². The number of thiophene rings is 1. The molecule has 0 saturated carbocycles. The number of nitrogens with zero attached hydrogens (tertiary/aromatic N) is 1. The van der Waals surface area contributed by atoms with Crippen LogP contribution < -0.4 is 21.5 Å². The lowest BCUT2D eigenvalue weighted by atomic mass is 10.0. The minimum absolute atomic E-state index is 0.0763. The van der Waals surface area contributed by atoms with Crippen LogP contribution in [0.4, 0.5) is 11.4 Å². The zero-order chi connectivity index (χ0) is 20.1. The molecule has 2 N–H and O–H groups in total. The molecule has 3 rings (SSSR count). The van der Waals surface area contributed by atoms with E-state index < -0.39 is 10.9 Å². The monoisotopic (exact) mass is 397 g/mol. The molecule has 0 aliphatic rings. The van der Waals surface area contributed by atoms with Crippen LogP contribution in [0.2, 0.25) is 0 Å². The quantitative estimate of drug-likeness (QED) is 0.515. The fraction of sp³-hybridized carbons (Fsp3) is 0.364. The maximum atomic E-state index is 12.1. The second-order valence-corrected chi connectivity index (χ2v) is 8.26. The van der Waals surface area contributed by atoms with E-state index >= 15 is 0 Å². The van der Waals surface area contributed by atoms with Gasteiger partial charge in [-0.2, -0.15) is 11.3 Å². The second-order valence-electron chi connectivity index (χ2n) is 7.48. The molecule has 0 bridgehead atoms. The summed E-state index contributed by atoms with van der Waals surface area (Å²) in [5.41, 5.74) is 2.46. The predicted octanol–water partition coefficient (Wildman–Crippen LogP) is 2.97. The van der Waals surface area contributed by atoms with Gasteiger partial charge in [0.25, 0.3) is 10.9 Å². The summed E-state index contributed by atoms with van der Waals surface area (Å²) in [5.74, 6) is 0. The zero-order valence-corrected chi connectivity index (χ0v) is 17.4. The second kappa shape index (κ2) is 9.17. The Morgan fingerprint density at radius 1 is 0.964 bits per heavy atom. The van der Waals surface area contributed by atoms with E-state index in [4.69, 9.17) is 0 Å². The van der Waals surface area contributed by atoms with Crippen molar-refractivity contribution in [1.82, 2.24) is 4.90 Å². The van der Waals surface area contributed by atoms with Crippen molar-refractivity contribution < 1.29 is 0 Å². The van der Waals surface area contributed by atoms with Gasteiger partial charge in [-0.15, -0.1) is 0 Å². The van der Waals surface area contributed by atoms with Crippen LogP contribution in [0, 0.1) is 0 Å². The lowest BCUT2D eigenvalue weighted by Crippen LogP contribution is -2.43. The molecule has 0 aliphatic carbocycles. The molecular formula is C22H27N3O2S. The third-order valence-corrected chi connectivity index (χ3v) is 5.71. The summed E-state index contributed by atoms with van der Waals surface area (Å²) in [6, 6.07) is 12.6. The first-order chi connectivity index (χ1) is 13.5. The van der Waals surface area contributed by atoms with E-state index in [0.29, 0.717) is 17.9 Å². The molecule has 2 atom stereocenters. The summed E-state index contributed by atoms with van der Waals surface area (Å²) in [6.45, 7) is 2.62. The molecule has 6 heteroatoms. The van der Waals surface area contributed by atoms with Crippen molar-refractivity contribution >= 4 is 22.7 Å². The van der Waals surface area contributed by atoms with Crippen LogP contribution in [0.5, 0.6) is 0 Å². The van der Waals surface area contributed by atoms with Gasteiger partial charge in [0.05, 0.1) is 0 Å². The maximum absolute atomic E-state index is 12.1. The number of anilines is 2. The highest BCUT2D eigenvalue weighted by Crippen LogP contribution is 2.18. The van der Waals surface area contributed by atoms with Gasteiger partial charge in [-0.1, -0.05) is 30.3 Å². The highest BCUT2D eigenvalue weighted by Gasteiger charge is 2.23. The van der Waals surface area contributed by atoms with Crippen molar-refractivity contribution in [2.24, 2.45) is 0 Å². The SMILES string of the molecule is C[C@@H](Cc1ccsc1)Nc1c(NCC(Cc2ccccc2)N(C)C)c(=O)c1=O. The molecule has 28 heavy (non-hydrogen) atoms. The van der Waals surface area contributed by atoms with Gasteiger partial charge in [-0.3, -0.25) is 9.59 Å². The van der Waals surface area contributed by atoms with Crippen LogP contribution >= 0.6 is 11.3 Å². The molecule has 1 unspecified atom stereocenters. The molecule has 0 fully saturated rings. The van der Waals surface area contributed by atoms with Crippen molar-refractivity contribution in [2.75, 3.05) is 31.3 Å². The van der Waals surface area contributed by atoms with Gasteiger partial charge in [-0.25, -0.2) is 0 Å². The van der Waals surface area contributed by atoms with Crippen molar-refractivity contribution in [2.45, 2.75) is 31.8 Å². The largest absolute Gasteiger partial charge is 0.378 e. The fourth-order valence-electron chi connectivity index (χ4n) is 3.30. The molecule has 1 heterocycles. The molecule has 3 aromatic rings. The first-order valence-corrected chi connectivity index (χ1v) is 10.4. The van der Waals surface area contributed by atoms with E-state index in [9.17, 15) is 9.59 Å². The van der Waals surface area contributed by atoms with E-state index in [1.54, 1.807) is 11.3 Å². The summed E-state index contributed by atoms with van der Waals surface area (Å²) in [6.07, 6.45) is 1.68. The topological polar surface area (TPSA) is 61.4 Å². The van der Waals surface area contributed by atoms with Crippen molar-refractivity contribution in [1.29, 1.82) is 0 Å². The Morgan fingerprint density at radius 2 is 1.68 bits per heavy atom. The Bertz CT molecular complexity index is 944. The molecule has 0 spiro atoms. The smallest absolute Gasteiger partial charge is 0.253 e. The van der Waals surface area contributed by atoms with Crippen LogP contribution in [-0.4, -0.2) is 37.6 Å². The molecule has 2 aromatic carbocycles. The molecule has 0 radical (unpaired) electrons. The van der Waals surface area contributed by atoms with Crippen LogP contribution in [-0.2, 0) is 12.8 Å². The molecular weight excluding hydrogens is 370 g/mol. The maximum Gasteiger partial charge on any atom is 0.253 e. The van der Waals surface area contributed by atoms with Crippen LogP contribution in [0.25, 0.3) is 0 Å². The number of nitrogens with one attached hydrogen (secondary N) is 2. The summed E-state index contributed by atoms with van der Waals surface area (Å²) >= 11 is 1.66.